The van der Waals surface area contributed by atoms with Crippen LogP contribution in [0.4, 0.5) is 5.69 Å². The van der Waals surface area contributed by atoms with Gasteiger partial charge in [-0.3, -0.25) is 24.6 Å². The van der Waals surface area contributed by atoms with Crippen molar-refractivity contribution in [1.29, 1.82) is 0 Å². The molecule has 3 aromatic heterocycles. The summed E-state index contributed by atoms with van der Waals surface area (Å²) in [5.74, 6) is 0.676. The van der Waals surface area contributed by atoms with E-state index >= 15 is 0 Å². The third kappa shape index (κ3) is 3.51. The molecule has 8 nitrogen and oxygen atoms in total. The monoisotopic (exact) mass is 426 g/mol. The molecule has 5 rings (SSSR count). The van der Waals surface area contributed by atoms with Crippen molar-refractivity contribution in [2.24, 2.45) is 0 Å². The number of non-ortho nitro benzene ring substituents is 1. The highest BCUT2D eigenvalue weighted by atomic mass is 32.2. The number of rotatable bonds is 5. The van der Waals surface area contributed by atoms with Gasteiger partial charge in [-0.25, -0.2) is 0 Å². The number of nitro groups is 1. The van der Waals surface area contributed by atoms with Crippen molar-refractivity contribution < 1.29 is 4.92 Å². The maximum Gasteiger partial charge on any atom is 0.278 e. The second kappa shape index (κ2) is 7.96. The topological polar surface area (TPSA) is 99.6 Å². The number of aromatic nitrogens is 5. The zero-order valence-corrected chi connectivity index (χ0v) is 16.8. The summed E-state index contributed by atoms with van der Waals surface area (Å²) in [7, 11) is 0. The molecule has 0 aliphatic carbocycles. The lowest BCUT2D eigenvalue weighted by atomic mass is 10.2. The third-order valence-corrected chi connectivity index (χ3v) is 5.69. The minimum Gasteiger partial charge on any atom is -0.270 e. The number of hydrogen-bond acceptors (Lipinski definition) is 7. The van der Waals surface area contributed by atoms with Gasteiger partial charge in [-0.05, 0) is 54.2 Å². The normalized spacial score (nSPS) is 11.0. The fourth-order valence-electron chi connectivity index (χ4n) is 3.31. The van der Waals surface area contributed by atoms with Gasteiger partial charge in [0.15, 0.2) is 5.82 Å². The van der Waals surface area contributed by atoms with Gasteiger partial charge in [0.25, 0.3) is 5.69 Å². The van der Waals surface area contributed by atoms with Crippen LogP contribution in [-0.4, -0.2) is 29.7 Å². The Morgan fingerprint density at radius 2 is 1.68 bits per heavy atom. The summed E-state index contributed by atoms with van der Waals surface area (Å²) in [6, 6.07) is 20.1. The number of nitrogens with zero attached hydrogens (tertiary/aromatic N) is 6. The SMILES string of the molecule is O=[N+]([O-])c1ccc(Sc2nnc(-c3ccncc3)n2-c2ccccc2)c2ncccc12. The summed E-state index contributed by atoms with van der Waals surface area (Å²) in [5.41, 5.74) is 2.36. The van der Waals surface area contributed by atoms with Crippen LogP contribution in [0.1, 0.15) is 0 Å². The van der Waals surface area contributed by atoms with Crippen molar-refractivity contribution in [1.82, 2.24) is 24.7 Å². The number of nitro benzene ring substituents is 1. The predicted molar refractivity (Wildman–Crippen MR) is 117 cm³/mol. The average molecular weight is 426 g/mol. The van der Waals surface area contributed by atoms with E-state index in [0.29, 0.717) is 21.9 Å². The zero-order chi connectivity index (χ0) is 21.2. The lowest BCUT2D eigenvalue weighted by Gasteiger charge is -2.11. The molecule has 31 heavy (non-hydrogen) atoms. The lowest BCUT2D eigenvalue weighted by Crippen LogP contribution is -1.99. The van der Waals surface area contributed by atoms with E-state index in [4.69, 9.17) is 0 Å². The Kier molecular flexibility index (Phi) is 4.85. The molecular weight excluding hydrogens is 412 g/mol. The van der Waals surface area contributed by atoms with Crippen molar-refractivity contribution in [2.45, 2.75) is 10.1 Å². The minimum absolute atomic E-state index is 0.0226. The van der Waals surface area contributed by atoms with Crippen LogP contribution in [0.3, 0.4) is 0 Å². The highest BCUT2D eigenvalue weighted by Crippen LogP contribution is 2.37. The molecule has 0 saturated carbocycles. The smallest absolute Gasteiger partial charge is 0.270 e. The van der Waals surface area contributed by atoms with Gasteiger partial charge in [0.2, 0.25) is 5.16 Å². The molecule has 0 amide bonds. The highest BCUT2D eigenvalue weighted by Gasteiger charge is 2.20. The molecule has 150 valence electrons. The van der Waals surface area contributed by atoms with E-state index in [1.165, 1.54) is 17.8 Å². The third-order valence-electron chi connectivity index (χ3n) is 4.69. The van der Waals surface area contributed by atoms with Crippen LogP contribution in [0.15, 0.2) is 95.4 Å². The van der Waals surface area contributed by atoms with E-state index in [0.717, 1.165) is 16.1 Å². The Morgan fingerprint density at radius 3 is 2.45 bits per heavy atom. The predicted octanol–water partition coefficient (Wildman–Crippen LogP) is 4.94. The van der Waals surface area contributed by atoms with E-state index in [1.807, 2.05) is 47.0 Å². The molecule has 0 atom stereocenters. The number of benzene rings is 2. The van der Waals surface area contributed by atoms with Crippen molar-refractivity contribution in [3.8, 4) is 17.1 Å². The fraction of sp³-hybridized carbons (Fsp3) is 0. The maximum atomic E-state index is 11.4. The minimum atomic E-state index is -0.396. The van der Waals surface area contributed by atoms with Crippen molar-refractivity contribution in [2.75, 3.05) is 0 Å². The van der Waals surface area contributed by atoms with Crippen molar-refractivity contribution in [3.05, 3.63) is 95.4 Å². The summed E-state index contributed by atoms with van der Waals surface area (Å²) in [6.45, 7) is 0. The number of fused-ring (bicyclic) bond motifs is 1. The van der Waals surface area contributed by atoms with E-state index < -0.39 is 4.92 Å². The molecule has 9 heteroatoms. The molecule has 3 heterocycles. The Morgan fingerprint density at radius 1 is 0.871 bits per heavy atom. The molecule has 0 spiro atoms. The summed E-state index contributed by atoms with van der Waals surface area (Å²) in [4.78, 5) is 20.3. The Balaban J connectivity index is 1.67. The van der Waals surface area contributed by atoms with Gasteiger partial charge in [-0.2, -0.15) is 0 Å². The Labute approximate surface area is 180 Å². The summed E-state index contributed by atoms with van der Waals surface area (Å²) in [6.07, 6.45) is 5.04. The highest BCUT2D eigenvalue weighted by molar-refractivity contribution is 7.99. The van der Waals surface area contributed by atoms with Gasteiger partial charge in [0.05, 0.1) is 15.8 Å². The van der Waals surface area contributed by atoms with Crippen LogP contribution >= 0.6 is 11.8 Å². The molecule has 0 saturated heterocycles. The van der Waals surface area contributed by atoms with Crippen LogP contribution < -0.4 is 0 Å². The van der Waals surface area contributed by atoms with Crippen molar-refractivity contribution >= 4 is 28.4 Å². The Hall–Kier alpha value is -4.11. The molecule has 2 aromatic carbocycles. The van der Waals surface area contributed by atoms with Gasteiger partial charge < -0.3 is 0 Å². The molecule has 0 aliphatic heterocycles. The number of hydrogen-bond donors (Lipinski definition) is 0. The molecule has 0 aliphatic rings. The quantitative estimate of drug-likeness (QED) is 0.290. The lowest BCUT2D eigenvalue weighted by molar-refractivity contribution is -0.383. The number of para-hydroxylation sites is 1. The van der Waals surface area contributed by atoms with E-state index in [2.05, 4.69) is 20.2 Å². The molecule has 0 N–H and O–H groups in total. The fourth-order valence-corrected chi connectivity index (χ4v) is 4.26. The van der Waals surface area contributed by atoms with Crippen LogP contribution in [0, 0.1) is 10.1 Å². The first-order valence-electron chi connectivity index (χ1n) is 9.33. The summed E-state index contributed by atoms with van der Waals surface area (Å²) in [5, 5.41) is 21.4. The van der Waals surface area contributed by atoms with Gasteiger partial charge >= 0.3 is 0 Å². The molecule has 0 fully saturated rings. The van der Waals surface area contributed by atoms with Gasteiger partial charge in [0.1, 0.15) is 0 Å². The van der Waals surface area contributed by atoms with Crippen molar-refractivity contribution in [3.63, 3.8) is 0 Å². The number of pyridine rings is 2. The molecule has 0 bridgehead atoms. The van der Waals surface area contributed by atoms with Crippen LogP contribution in [0.5, 0.6) is 0 Å². The Bertz CT molecular complexity index is 1390. The van der Waals surface area contributed by atoms with E-state index in [1.54, 1.807) is 36.8 Å². The van der Waals surface area contributed by atoms with E-state index in [9.17, 15) is 10.1 Å². The maximum absolute atomic E-state index is 11.4. The molecule has 0 unspecified atom stereocenters. The van der Waals surface area contributed by atoms with Gasteiger partial charge in [-0.1, -0.05) is 18.2 Å². The molecule has 5 aromatic rings. The molecule has 0 radical (unpaired) electrons. The first kappa shape index (κ1) is 18.9. The second-order valence-electron chi connectivity index (χ2n) is 6.55. The average Bonchev–Trinajstić information content (AvgIpc) is 3.24. The van der Waals surface area contributed by atoms with Crippen LogP contribution in [0.2, 0.25) is 0 Å². The van der Waals surface area contributed by atoms with Crippen LogP contribution in [0.25, 0.3) is 28.0 Å². The van der Waals surface area contributed by atoms with Crippen LogP contribution in [-0.2, 0) is 0 Å². The summed E-state index contributed by atoms with van der Waals surface area (Å²) >= 11 is 1.36. The first-order valence-corrected chi connectivity index (χ1v) is 10.2. The molecular formula is C22H14N6O2S. The standard InChI is InChI=1S/C22H14N6O2S/c29-28(30)18-8-9-19(20-17(18)7-4-12-24-20)31-22-26-25-21(15-10-13-23-14-11-15)27(22)16-5-2-1-3-6-16/h1-14H. The zero-order valence-electron chi connectivity index (χ0n) is 16.0. The van der Waals surface area contributed by atoms with E-state index in [-0.39, 0.29) is 5.69 Å². The second-order valence-corrected chi connectivity index (χ2v) is 7.56. The first-order chi connectivity index (χ1) is 15.2. The largest absolute Gasteiger partial charge is 0.278 e. The van der Waals surface area contributed by atoms with Gasteiger partial charge in [-0.15, -0.1) is 10.2 Å². The van der Waals surface area contributed by atoms with Gasteiger partial charge in [0, 0.05) is 40.8 Å². The summed E-state index contributed by atoms with van der Waals surface area (Å²) < 4.78 is 1.95.